The smallest absolute Gasteiger partial charge is 0.161 e. The second-order valence-electron chi connectivity index (χ2n) is 3.95. The van der Waals surface area contributed by atoms with Crippen molar-refractivity contribution in [3.05, 3.63) is 52.3 Å². The summed E-state index contributed by atoms with van der Waals surface area (Å²) in [7, 11) is 1.61. The Morgan fingerprint density at radius 2 is 2.05 bits per heavy atom. The maximum absolute atomic E-state index is 5.71. The van der Waals surface area contributed by atoms with E-state index in [1.165, 1.54) is 0 Å². The maximum Gasteiger partial charge on any atom is 0.161 e. The molecule has 0 amide bonds. The second-order valence-corrected chi connectivity index (χ2v) is 4.86. The van der Waals surface area contributed by atoms with Gasteiger partial charge in [-0.05, 0) is 45.8 Å². The number of ether oxygens (including phenoxy) is 2. The highest BCUT2D eigenvalue weighted by Gasteiger charge is 2.06. The van der Waals surface area contributed by atoms with Crippen LogP contribution in [-0.2, 0) is 13.2 Å². The van der Waals surface area contributed by atoms with Crippen LogP contribution < -0.4 is 15.2 Å². The highest BCUT2D eigenvalue weighted by molar-refractivity contribution is 9.10. The Balaban J connectivity index is 2.08. The zero-order valence-electron chi connectivity index (χ0n) is 10.6. The molecule has 19 heavy (non-hydrogen) atoms. The van der Waals surface area contributed by atoms with Gasteiger partial charge in [-0.25, -0.2) is 0 Å². The fourth-order valence-corrected chi connectivity index (χ4v) is 1.84. The number of aromatic nitrogens is 1. The van der Waals surface area contributed by atoms with Crippen LogP contribution in [0.1, 0.15) is 11.3 Å². The molecule has 0 aliphatic heterocycles. The highest BCUT2D eigenvalue weighted by Crippen LogP contribution is 2.28. The topological polar surface area (TPSA) is 57.4 Å². The summed E-state index contributed by atoms with van der Waals surface area (Å²) in [5, 5.41) is 0. The van der Waals surface area contributed by atoms with Crippen molar-refractivity contribution in [1.29, 1.82) is 0 Å². The van der Waals surface area contributed by atoms with Crippen molar-refractivity contribution in [3.63, 3.8) is 0 Å². The highest BCUT2D eigenvalue weighted by atomic mass is 79.9. The van der Waals surface area contributed by atoms with Crippen LogP contribution in [-0.4, -0.2) is 12.1 Å². The van der Waals surface area contributed by atoms with Crippen molar-refractivity contribution in [3.8, 4) is 11.5 Å². The lowest BCUT2D eigenvalue weighted by atomic mass is 10.2. The lowest BCUT2D eigenvalue weighted by molar-refractivity contribution is 0.280. The minimum absolute atomic E-state index is 0.394. The summed E-state index contributed by atoms with van der Waals surface area (Å²) in [6, 6.07) is 9.50. The minimum atomic E-state index is 0.394. The Morgan fingerprint density at radius 1 is 1.21 bits per heavy atom. The quantitative estimate of drug-likeness (QED) is 0.919. The number of nitrogens with two attached hydrogens (primary N) is 1. The third-order valence-electron chi connectivity index (χ3n) is 2.63. The van der Waals surface area contributed by atoms with Crippen molar-refractivity contribution < 1.29 is 9.47 Å². The molecule has 0 atom stereocenters. The van der Waals surface area contributed by atoms with Gasteiger partial charge >= 0.3 is 0 Å². The van der Waals surface area contributed by atoms with Crippen molar-refractivity contribution in [2.24, 2.45) is 5.73 Å². The Bertz CT molecular complexity index is 544. The third-order valence-corrected chi connectivity index (χ3v) is 3.10. The van der Waals surface area contributed by atoms with Gasteiger partial charge in [0.25, 0.3) is 0 Å². The molecule has 0 spiro atoms. The molecule has 0 saturated heterocycles. The van der Waals surface area contributed by atoms with Crippen LogP contribution in [0.15, 0.2) is 41.0 Å². The van der Waals surface area contributed by atoms with Gasteiger partial charge in [0.1, 0.15) is 6.61 Å². The summed E-state index contributed by atoms with van der Waals surface area (Å²) in [5.74, 6) is 1.37. The van der Waals surface area contributed by atoms with Crippen molar-refractivity contribution >= 4 is 15.9 Å². The van der Waals surface area contributed by atoms with Gasteiger partial charge in [-0.15, -0.1) is 0 Å². The molecule has 0 fully saturated rings. The van der Waals surface area contributed by atoms with Gasteiger partial charge in [0.05, 0.1) is 12.8 Å². The number of methoxy groups -OCH3 is 1. The zero-order chi connectivity index (χ0) is 13.7. The van der Waals surface area contributed by atoms with Crippen LogP contribution in [0, 0.1) is 0 Å². The van der Waals surface area contributed by atoms with Crippen molar-refractivity contribution in [2.75, 3.05) is 7.11 Å². The lowest BCUT2D eigenvalue weighted by Crippen LogP contribution is -2.01. The van der Waals surface area contributed by atoms with E-state index in [0.29, 0.717) is 24.7 Å². The monoisotopic (exact) mass is 322 g/mol. The molecule has 4 nitrogen and oxygen atoms in total. The molecule has 0 bridgehead atoms. The van der Waals surface area contributed by atoms with Crippen LogP contribution in [0.3, 0.4) is 0 Å². The van der Waals surface area contributed by atoms with E-state index in [2.05, 4.69) is 20.9 Å². The minimum Gasteiger partial charge on any atom is -0.493 e. The van der Waals surface area contributed by atoms with E-state index in [1.54, 1.807) is 13.3 Å². The molecular formula is C14H15BrN2O2. The van der Waals surface area contributed by atoms with Crippen LogP contribution in [0.25, 0.3) is 0 Å². The maximum atomic E-state index is 5.71. The largest absolute Gasteiger partial charge is 0.493 e. The number of rotatable bonds is 5. The van der Waals surface area contributed by atoms with Gasteiger partial charge in [0, 0.05) is 17.2 Å². The summed E-state index contributed by atoms with van der Waals surface area (Å²) >= 11 is 3.34. The number of hydrogen-bond acceptors (Lipinski definition) is 4. The Hall–Kier alpha value is -1.59. The molecule has 2 aromatic rings. The summed E-state index contributed by atoms with van der Waals surface area (Å²) in [4.78, 5) is 4.25. The second kappa shape index (κ2) is 6.54. The van der Waals surface area contributed by atoms with Crippen molar-refractivity contribution in [1.82, 2.24) is 4.98 Å². The molecule has 1 aromatic carbocycles. The summed E-state index contributed by atoms with van der Waals surface area (Å²) in [6.45, 7) is 0.872. The average molecular weight is 323 g/mol. The van der Waals surface area contributed by atoms with E-state index in [4.69, 9.17) is 15.2 Å². The Kier molecular flexibility index (Phi) is 4.76. The number of nitrogens with zero attached hydrogens (tertiary/aromatic N) is 1. The SMILES string of the molecule is COc1cc(CN)ccc1OCc1ccc(Br)cn1. The van der Waals surface area contributed by atoms with Crippen LogP contribution in [0.4, 0.5) is 0 Å². The standard InChI is InChI=1S/C14H15BrN2O2/c1-18-14-6-10(7-16)2-5-13(14)19-9-12-4-3-11(15)8-17-12/h2-6,8H,7,9,16H2,1H3. The number of benzene rings is 1. The molecule has 0 aliphatic carbocycles. The summed E-state index contributed by atoms with van der Waals surface area (Å²) in [6.07, 6.45) is 1.74. The normalized spacial score (nSPS) is 10.3. The van der Waals surface area contributed by atoms with Gasteiger partial charge in [0.2, 0.25) is 0 Å². The van der Waals surface area contributed by atoms with Gasteiger partial charge in [-0.2, -0.15) is 0 Å². The van der Waals surface area contributed by atoms with Gasteiger partial charge < -0.3 is 15.2 Å². The first-order valence-corrected chi connectivity index (χ1v) is 6.62. The molecule has 2 rings (SSSR count). The van der Waals surface area contributed by atoms with E-state index in [9.17, 15) is 0 Å². The van der Waals surface area contributed by atoms with E-state index in [-0.39, 0.29) is 0 Å². The third kappa shape index (κ3) is 3.68. The summed E-state index contributed by atoms with van der Waals surface area (Å²) in [5.41, 5.74) is 7.45. The van der Waals surface area contributed by atoms with E-state index < -0.39 is 0 Å². The molecular weight excluding hydrogens is 308 g/mol. The molecule has 0 unspecified atom stereocenters. The predicted octanol–water partition coefficient (Wildman–Crippen LogP) is 2.89. The van der Waals surface area contributed by atoms with Crippen LogP contribution in [0.2, 0.25) is 0 Å². The lowest BCUT2D eigenvalue weighted by Gasteiger charge is -2.11. The Morgan fingerprint density at radius 3 is 2.68 bits per heavy atom. The fourth-order valence-electron chi connectivity index (χ4n) is 1.60. The first-order chi connectivity index (χ1) is 9.22. The Labute approximate surface area is 120 Å². The van der Waals surface area contributed by atoms with Gasteiger partial charge in [-0.1, -0.05) is 6.07 Å². The van der Waals surface area contributed by atoms with E-state index in [1.807, 2.05) is 30.3 Å². The van der Waals surface area contributed by atoms with E-state index in [0.717, 1.165) is 15.7 Å². The molecule has 0 aliphatic rings. The molecule has 0 saturated carbocycles. The zero-order valence-corrected chi connectivity index (χ0v) is 12.2. The molecule has 0 radical (unpaired) electrons. The van der Waals surface area contributed by atoms with Gasteiger partial charge in [-0.3, -0.25) is 4.98 Å². The number of halogens is 1. The molecule has 100 valence electrons. The predicted molar refractivity (Wildman–Crippen MR) is 77.2 cm³/mol. The van der Waals surface area contributed by atoms with Crippen molar-refractivity contribution in [2.45, 2.75) is 13.2 Å². The van der Waals surface area contributed by atoms with Crippen LogP contribution in [0.5, 0.6) is 11.5 Å². The van der Waals surface area contributed by atoms with Gasteiger partial charge in [0.15, 0.2) is 11.5 Å². The molecule has 2 N–H and O–H groups in total. The summed E-state index contributed by atoms with van der Waals surface area (Å²) < 4.78 is 11.9. The first-order valence-electron chi connectivity index (χ1n) is 5.83. The average Bonchev–Trinajstić information content (AvgIpc) is 2.46. The molecule has 5 heteroatoms. The number of pyridine rings is 1. The first kappa shape index (κ1) is 13.8. The van der Waals surface area contributed by atoms with Crippen LogP contribution >= 0.6 is 15.9 Å². The fraction of sp³-hybridized carbons (Fsp3) is 0.214. The number of hydrogen-bond donors (Lipinski definition) is 1. The molecule has 1 heterocycles. The molecule has 1 aromatic heterocycles. The van der Waals surface area contributed by atoms with E-state index >= 15 is 0 Å².